The van der Waals surface area contributed by atoms with Crippen LogP contribution < -0.4 is 26.8 Å². The molecule has 6 rings (SSSR count). The molecule has 1 amide bonds. The summed E-state index contributed by atoms with van der Waals surface area (Å²) in [7, 11) is 0. The van der Waals surface area contributed by atoms with E-state index in [2.05, 4.69) is 20.6 Å². The number of ether oxygens (including phenoxy) is 1. The maximum absolute atomic E-state index is 13.9. The lowest BCUT2D eigenvalue weighted by Crippen LogP contribution is -2.22. The van der Waals surface area contributed by atoms with Crippen LogP contribution in [0.15, 0.2) is 102 Å². The van der Waals surface area contributed by atoms with E-state index in [9.17, 15) is 9.59 Å². The van der Waals surface area contributed by atoms with Crippen LogP contribution >= 0.6 is 0 Å². The molecule has 10 nitrogen and oxygen atoms in total. The number of benzene rings is 3. The first-order valence-electron chi connectivity index (χ1n) is 13.0. The van der Waals surface area contributed by atoms with Crippen LogP contribution in [0.1, 0.15) is 12.8 Å². The van der Waals surface area contributed by atoms with Gasteiger partial charge in [0.25, 0.3) is 0 Å². The number of amides is 1. The standard InChI is InChI=1S/C30H27N7O3/c31-28-27-29(34-19-33-28)37(23-7-4-6-21(18-23)35-26(38)10-5-17-32-20-11-12-20)30(39)36(27)22-13-15-25(16-14-22)40-24-8-2-1-3-9-24/h1-10,13-16,18-20,32H,11-12,17H2,(H,35,38)(H2,31,33,34). The molecule has 4 N–H and O–H groups in total. The van der Waals surface area contributed by atoms with Crippen molar-refractivity contribution < 1.29 is 9.53 Å². The maximum Gasteiger partial charge on any atom is 0.339 e. The molecule has 200 valence electrons. The first kappa shape index (κ1) is 25.1. The number of rotatable bonds is 9. The lowest BCUT2D eigenvalue weighted by molar-refractivity contribution is -0.111. The number of nitrogen functional groups attached to an aromatic ring is 1. The Morgan fingerprint density at radius 2 is 1.73 bits per heavy atom. The molecule has 0 atom stereocenters. The quantitative estimate of drug-likeness (QED) is 0.242. The van der Waals surface area contributed by atoms with Crippen LogP contribution in [0, 0.1) is 0 Å². The smallest absolute Gasteiger partial charge is 0.339 e. The molecular formula is C30H27N7O3. The fraction of sp³-hybridized carbons (Fsp3) is 0.133. The van der Waals surface area contributed by atoms with Crippen molar-refractivity contribution in [1.82, 2.24) is 24.4 Å². The molecule has 0 spiro atoms. The highest BCUT2D eigenvalue weighted by Crippen LogP contribution is 2.26. The predicted octanol–water partition coefficient (Wildman–Crippen LogP) is 4.19. The molecular weight excluding hydrogens is 506 g/mol. The van der Waals surface area contributed by atoms with Crippen molar-refractivity contribution in [2.24, 2.45) is 0 Å². The van der Waals surface area contributed by atoms with Crippen LogP contribution in [-0.2, 0) is 4.79 Å². The van der Waals surface area contributed by atoms with Crippen molar-refractivity contribution in [2.75, 3.05) is 17.6 Å². The zero-order chi connectivity index (χ0) is 27.5. The number of nitrogens with one attached hydrogen (secondary N) is 2. The molecule has 0 unspecified atom stereocenters. The minimum absolute atomic E-state index is 0.167. The van der Waals surface area contributed by atoms with Gasteiger partial charge in [0, 0.05) is 24.4 Å². The van der Waals surface area contributed by atoms with Gasteiger partial charge in [-0.1, -0.05) is 30.3 Å². The summed E-state index contributed by atoms with van der Waals surface area (Å²) in [5, 5.41) is 6.18. The van der Waals surface area contributed by atoms with Crippen LogP contribution in [0.4, 0.5) is 11.5 Å². The second-order valence-electron chi connectivity index (χ2n) is 9.42. The van der Waals surface area contributed by atoms with Gasteiger partial charge in [-0.3, -0.25) is 9.36 Å². The number of anilines is 2. The van der Waals surface area contributed by atoms with E-state index in [4.69, 9.17) is 10.5 Å². The molecule has 1 fully saturated rings. The van der Waals surface area contributed by atoms with Gasteiger partial charge in [0.2, 0.25) is 5.91 Å². The number of fused-ring (bicyclic) bond motifs is 1. The average Bonchev–Trinajstić information content (AvgIpc) is 3.74. The molecule has 3 aromatic carbocycles. The van der Waals surface area contributed by atoms with Gasteiger partial charge in [-0.05, 0) is 67.4 Å². The van der Waals surface area contributed by atoms with Crippen LogP contribution in [-0.4, -0.2) is 37.6 Å². The zero-order valence-corrected chi connectivity index (χ0v) is 21.5. The predicted molar refractivity (Wildman–Crippen MR) is 154 cm³/mol. The SMILES string of the molecule is Nc1ncnc2c1n(-c1ccc(Oc3ccccc3)cc1)c(=O)n2-c1cccc(NC(=O)C=CCNC2CC2)c1. The Morgan fingerprint density at radius 3 is 2.50 bits per heavy atom. The van der Waals surface area contributed by atoms with Crippen LogP contribution in [0.2, 0.25) is 0 Å². The molecule has 1 saturated carbocycles. The minimum Gasteiger partial charge on any atom is -0.457 e. The van der Waals surface area contributed by atoms with E-state index in [1.807, 2.05) is 30.3 Å². The van der Waals surface area contributed by atoms with Crippen molar-refractivity contribution in [3.8, 4) is 22.9 Å². The summed E-state index contributed by atoms with van der Waals surface area (Å²) in [6.07, 6.45) is 6.99. The summed E-state index contributed by atoms with van der Waals surface area (Å²) in [4.78, 5) is 34.8. The van der Waals surface area contributed by atoms with Crippen LogP contribution in [0.5, 0.6) is 11.5 Å². The highest BCUT2D eigenvalue weighted by atomic mass is 16.5. The number of carbonyl (C=O) groups excluding carboxylic acids is 1. The number of aromatic nitrogens is 4. The van der Waals surface area contributed by atoms with E-state index < -0.39 is 0 Å². The normalized spacial score (nSPS) is 13.1. The van der Waals surface area contributed by atoms with Gasteiger partial charge in [0.05, 0.1) is 11.4 Å². The lowest BCUT2D eigenvalue weighted by atomic mass is 10.2. The van der Waals surface area contributed by atoms with Crippen molar-refractivity contribution in [2.45, 2.75) is 18.9 Å². The van der Waals surface area contributed by atoms with Crippen molar-refractivity contribution in [3.05, 3.63) is 108 Å². The third-order valence-electron chi connectivity index (χ3n) is 6.47. The van der Waals surface area contributed by atoms with E-state index >= 15 is 0 Å². The average molecular weight is 534 g/mol. The largest absolute Gasteiger partial charge is 0.457 e. The van der Waals surface area contributed by atoms with Gasteiger partial charge in [-0.15, -0.1) is 0 Å². The highest BCUT2D eigenvalue weighted by molar-refractivity contribution is 5.99. The van der Waals surface area contributed by atoms with Crippen molar-refractivity contribution >= 4 is 28.6 Å². The Hall–Kier alpha value is -5.22. The molecule has 1 aliphatic carbocycles. The summed E-state index contributed by atoms with van der Waals surface area (Å²) >= 11 is 0. The molecule has 0 bridgehead atoms. The molecule has 2 heterocycles. The summed E-state index contributed by atoms with van der Waals surface area (Å²) in [5.41, 5.74) is 8.22. The Bertz CT molecular complexity index is 1750. The summed E-state index contributed by atoms with van der Waals surface area (Å²) in [5.74, 6) is 1.24. The molecule has 1 aliphatic rings. The van der Waals surface area contributed by atoms with Crippen LogP contribution in [0.3, 0.4) is 0 Å². The zero-order valence-electron chi connectivity index (χ0n) is 21.5. The molecule has 40 heavy (non-hydrogen) atoms. The molecule has 5 aromatic rings. The second kappa shape index (κ2) is 10.9. The number of hydrogen-bond acceptors (Lipinski definition) is 7. The van der Waals surface area contributed by atoms with Gasteiger partial charge in [-0.25, -0.2) is 19.3 Å². The lowest BCUT2D eigenvalue weighted by Gasteiger charge is -2.08. The Labute approximate surface area is 229 Å². The number of hydrogen-bond donors (Lipinski definition) is 3. The third-order valence-corrected chi connectivity index (χ3v) is 6.47. The Balaban J connectivity index is 1.31. The Kier molecular flexibility index (Phi) is 6.82. The summed E-state index contributed by atoms with van der Waals surface area (Å²) in [6, 6.07) is 24.1. The van der Waals surface area contributed by atoms with Gasteiger partial charge >= 0.3 is 5.69 Å². The molecule has 0 radical (unpaired) electrons. The van der Waals surface area contributed by atoms with E-state index in [0.29, 0.717) is 52.3 Å². The van der Waals surface area contributed by atoms with Gasteiger partial charge in [0.15, 0.2) is 11.5 Å². The molecule has 2 aromatic heterocycles. The fourth-order valence-corrected chi connectivity index (χ4v) is 4.40. The molecule has 0 saturated heterocycles. The summed E-state index contributed by atoms with van der Waals surface area (Å²) < 4.78 is 8.81. The number of nitrogens with two attached hydrogens (primary N) is 1. The first-order chi connectivity index (χ1) is 19.6. The third kappa shape index (κ3) is 5.33. The van der Waals surface area contributed by atoms with E-state index in [1.165, 1.54) is 34.4 Å². The summed E-state index contributed by atoms with van der Waals surface area (Å²) in [6.45, 7) is 0.646. The number of para-hydroxylation sites is 1. The number of carbonyl (C=O) groups is 1. The van der Waals surface area contributed by atoms with Crippen molar-refractivity contribution in [3.63, 3.8) is 0 Å². The monoisotopic (exact) mass is 533 g/mol. The molecule has 0 aliphatic heterocycles. The van der Waals surface area contributed by atoms with Gasteiger partial charge < -0.3 is 21.1 Å². The van der Waals surface area contributed by atoms with E-state index in [-0.39, 0.29) is 17.4 Å². The minimum atomic E-state index is -0.381. The molecule has 10 heteroatoms. The first-order valence-corrected chi connectivity index (χ1v) is 13.0. The van der Waals surface area contributed by atoms with E-state index in [0.717, 1.165) is 0 Å². The highest BCUT2D eigenvalue weighted by Gasteiger charge is 2.21. The number of nitrogens with zero attached hydrogens (tertiary/aromatic N) is 4. The van der Waals surface area contributed by atoms with Crippen LogP contribution in [0.25, 0.3) is 22.5 Å². The van der Waals surface area contributed by atoms with Crippen molar-refractivity contribution in [1.29, 1.82) is 0 Å². The number of imidazole rings is 1. The Morgan fingerprint density at radius 1 is 0.950 bits per heavy atom. The van der Waals surface area contributed by atoms with Gasteiger partial charge in [-0.2, -0.15) is 0 Å². The second-order valence-corrected chi connectivity index (χ2v) is 9.42. The maximum atomic E-state index is 13.9. The van der Waals surface area contributed by atoms with Gasteiger partial charge in [0.1, 0.15) is 23.3 Å². The topological polar surface area (TPSA) is 129 Å². The van der Waals surface area contributed by atoms with E-state index in [1.54, 1.807) is 54.6 Å². The fourth-order valence-electron chi connectivity index (χ4n) is 4.40.